The maximum Gasteiger partial charge on any atom is 0.144 e. The molecule has 0 amide bonds. The summed E-state index contributed by atoms with van der Waals surface area (Å²) in [5, 5.41) is 0. The fourth-order valence-corrected chi connectivity index (χ4v) is 2.40. The van der Waals surface area contributed by atoms with Crippen LogP contribution in [0.15, 0.2) is 46.9 Å². The van der Waals surface area contributed by atoms with Gasteiger partial charge in [-0.2, -0.15) is 0 Å². The Bertz CT molecular complexity index is 572. The van der Waals surface area contributed by atoms with E-state index in [1.807, 2.05) is 42.3 Å². The molecule has 0 heterocycles. The van der Waals surface area contributed by atoms with Crippen molar-refractivity contribution in [3.8, 4) is 0 Å². The minimum Gasteiger partial charge on any atom is -0.302 e. The first kappa shape index (κ1) is 15.1. The molecule has 0 saturated heterocycles. The molecule has 0 saturated carbocycles. The summed E-state index contributed by atoms with van der Waals surface area (Å²) in [4.78, 5) is 1.92. The maximum absolute atomic E-state index is 13.9. The predicted molar refractivity (Wildman–Crippen MR) is 80.5 cm³/mol. The summed E-state index contributed by atoms with van der Waals surface area (Å²) in [7, 11) is 1.86. The highest BCUT2D eigenvalue weighted by atomic mass is 79.9. The molecule has 0 N–H and O–H groups in total. The molecule has 0 spiro atoms. The number of benzene rings is 2. The van der Waals surface area contributed by atoms with Crippen molar-refractivity contribution in [2.24, 2.45) is 0 Å². The van der Waals surface area contributed by atoms with Gasteiger partial charge in [0.05, 0.1) is 4.47 Å². The Balaban J connectivity index is 1.98. The Kier molecular flexibility index (Phi) is 5.26. The topological polar surface area (TPSA) is 3.24 Å². The van der Waals surface area contributed by atoms with Gasteiger partial charge in [-0.15, -0.1) is 0 Å². The van der Waals surface area contributed by atoms with Crippen molar-refractivity contribution >= 4 is 15.9 Å². The SMILES string of the molecule is CN(CCc1ccccc1)Cc1c(F)ccc(Br)c1F. The summed E-state index contributed by atoms with van der Waals surface area (Å²) in [6.07, 6.45) is 0.856. The van der Waals surface area contributed by atoms with Crippen LogP contribution in [0.3, 0.4) is 0 Å². The largest absolute Gasteiger partial charge is 0.302 e. The van der Waals surface area contributed by atoms with Gasteiger partial charge in [0.25, 0.3) is 0 Å². The van der Waals surface area contributed by atoms with Crippen molar-refractivity contribution in [3.63, 3.8) is 0 Å². The van der Waals surface area contributed by atoms with Gasteiger partial charge in [-0.25, -0.2) is 8.78 Å². The van der Waals surface area contributed by atoms with Crippen LogP contribution in [-0.2, 0) is 13.0 Å². The zero-order valence-electron chi connectivity index (χ0n) is 11.2. The molecule has 0 aromatic heterocycles. The van der Waals surface area contributed by atoms with E-state index in [9.17, 15) is 8.78 Å². The number of nitrogens with zero attached hydrogens (tertiary/aromatic N) is 1. The summed E-state index contributed by atoms with van der Waals surface area (Å²) >= 11 is 3.09. The zero-order valence-corrected chi connectivity index (χ0v) is 12.8. The average molecular weight is 340 g/mol. The normalized spacial score (nSPS) is 11.1. The summed E-state index contributed by atoms with van der Waals surface area (Å²) in [6.45, 7) is 0.999. The van der Waals surface area contributed by atoms with E-state index in [1.54, 1.807) is 0 Å². The quantitative estimate of drug-likeness (QED) is 0.729. The summed E-state index contributed by atoms with van der Waals surface area (Å²) < 4.78 is 27.8. The molecule has 2 aromatic rings. The molecule has 106 valence electrons. The first-order valence-electron chi connectivity index (χ1n) is 6.43. The van der Waals surface area contributed by atoms with Gasteiger partial charge in [0.15, 0.2) is 0 Å². The number of hydrogen-bond acceptors (Lipinski definition) is 1. The molecule has 0 aliphatic rings. The van der Waals surface area contributed by atoms with Gasteiger partial charge in [0.2, 0.25) is 0 Å². The highest BCUT2D eigenvalue weighted by Gasteiger charge is 2.14. The first-order chi connectivity index (χ1) is 9.58. The highest BCUT2D eigenvalue weighted by molar-refractivity contribution is 9.10. The van der Waals surface area contributed by atoms with Crippen molar-refractivity contribution in [1.82, 2.24) is 4.90 Å². The first-order valence-corrected chi connectivity index (χ1v) is 7.22. The Morgan fingerprint density at radius 3 is 2.45 bits per heavy atom. The minimum absolute atomic E-state index is 0.106. The molecular formula is C16H16BrF2N. The third-order valence-electron chi connectivity index (χ3n) is 3.19. The van der Waals surface area contributed by atoms with Crippen LogP contribution >= 0.6 is 15.9 Å². The summed E-state index contributed by atoms with van der Waals surface area (Å²) in [5.74, 6) is -1.02. The van der Waals surface area contributed by atoms with Crippen molar-refractivity contribution < 1.29 is 8.78 Å². The molecule has 0 aliphatic heterocycles. The van der Waals surface area contributed by atoms with Crippen LogP contribution < -0.4 is 0 Å². The fraction of sp³-hybridized carbons (Fsp3) is 0.250. The van der Waals surface area contributed by atoms with Crippen molar-refractivity contribution in [3.05, 3.63) is 69.7 Å². The van der Waals surface area contributed by atoms with Crippen LogP contribution in [0.25, 0.3) is 0 Å². The van der Waals surface area contributed by atoms with Gasteiger partial charge in [-0.1, -0.05) is 30.3 Å². The molecule has 1 nitrogen and oxygen atoms in total. The van der Waals surface area contributed by atoms with Gasteiger partial charge in [-0.05, 0) is 47.1 Å². The second-order valence-electron chi connectivity index (χ2n) is 4.80. The minimum atomic E-state index is -0.517. The van der Waals surface area contributed by atoms with Gasteiger partial charge in [-0.3, -0.25) is 0 Å². The molecule has 2 rings (SSSR count). The Labute approximate surface area is 126 Å². The lowest BCUT2D eigenvalue weighted by Crippen LogP contribution is -2.22. The molecule has 0 atom stereocenters. The molecular weight excluding hydrogens is 324 g/mol. The average Bonchev–Trinajstić information content (AvgIpc) is 2.46. The third kappa shape index (κ3) is 3.87. The van der Waals surface area contributed by atoms with Gasteiger partial charge < -0.3 is 4.90 Å². The molecule has 0 fully saturated rings. The summed E-state index contributed by atoms with van der Waals surface area (Å²) in [5.41, 5.74) is 1.32. The third-order valence-corrected chi connectivity index (χ3v) is 3.80. The van der Waals surface area contributed by atoms with E-state index in [4.69, 9.17) is 0 Å². The number of hydrogen-bond donors (Lipinski definition) is 0. The van der Waals surface area contributed by atoms with Crippen LogP contribution in [0.5, 0.6) is 0 Å². The summed E-state index contributed by atoms with van der Waals surface area (Å²) in [6, 6.07) is 12.7. The predicted octanol–water partition coefficient (Wildman–Crippen LogP) is 4.40. The molecule has 0 radical (unpaired) electrons. The molecule has 0 bridgehead atoms. The van der Waals surface area contributed by atoms with Crippen molar-refractivity contribution in [2.45, 2.75) is 13.0 Å². The van der Waals surface area contributed by atoms with E-state index < -0.39 is 11.6 Å². The zero-order chi connectivity index (χ0) is 14.5. The van der Waals surface area contributed by atoms with Gasteiger partial charge in [0.1, 0.15) is 11.6 Å². The van der Waals surface area contributed by atoms with E-state index in [-0.39, 0.29) is 12.1 Å². The van der Waals surface area contributed by atoms with Crippen LogP contribution in [0, 0.1) is 11.6 Å². The molecule has 4 heteroatoms. The van der Waals surface area contributed by atoms with Gasteiger partial charge in [0, 0.05) is 18.7 Å². The van der Waals surface area contributed by atoms with E-state index in [0.717, 1.165) is 13.0 Å². The van der Waals surface area contributed by atoms with E-state index in [0.29, 0.717) is 4.47 Å². The van der Waals surface area contributed by atoms with E-state index >= 15 is 0 Å². The lowest BCUT2D eigenvalue weighted by Gasteiger charge is -2.18. The molecule has 20 heavy (non-hydrogen) atoms. The molecule has 0 unspecified atom stereocenters. The number of likely N-dealkylation sites (N-methyl/N-ethyl adjacent to an activating group) is 1. The van der Waals surface area contributed by atoms with Crippen LogP contribution in [-0.4, -0.2) is 18.5 Å². The second kappa shape index (κ2) is 6.95. The van der Waals surface area contributed by atoms with Crippen LogP contribution in [0.4, 0.5) is 8.78 Å². The maximum atomic E-state index is 13.9. The second-order valence-corrected chi connectivity index (χ2v) is 5.65. The number of rotatable bonds is 5. The van der Waals surface area contributed by atoms with E-state index in [1.165, 1.54) is 17.7 Å². The molecule has 2 aromatic carbocycles. The Morgan fingerprint density at radius 2 is 1.75 bits per heavy atom. The Morgan fingerprint density at radius 1 is 1.05 bits per heavy atom. The number of halogens is 3. The van der Waals surface area contributed by atoms with E-state index in [2.05, 4.69) is 15.9 Å². The lowest BCUT2D eigenvalue weighted by atomic mass is 10.1. The van der Waals surface area contributed by atoms with Crippen LogP contribution in [0.2, 0.25) is 0 Å². The highest BCUT2D eigenvalue weighted by Crippen LogP contribution is 2.22. The molecule has 0 aliphatic carbocycles. The van der Waals surface area contributed by atoms with Gasteiger partial charge >= 0.3 is 0 Å². The van der Waals surface area contributed by atoms with Crippen molar-refractivity contribution in [1.29, 1.82) is 0 Å². The van der Waals surface area contributed by atoms with Crippen LogP contribution in [0.1, 0.15) is 11.1 Å². The lowest BCUT2D eigenvalue weighted by molar-refractivity contribution is 0.318. The van der Waals surface area contributed by atoms with Crippen molar-refractivity contribution in [2.75, 3.05) is 13.6 Å². The monoisotopic (exact) mass is 339 g/mol. The Hall–Kier alpha value is -1.26. The smallest absolute Gasteiger partial charge is 0.144 e. The fourth-order valence-electron chi connectivity index (χ4n) is 2.03. The standard InChI is InChI=1S/C16H16BrF2N/c1-20(10-9-12-5-3-2-4-6-12)11-13-15(18)8-7-14(17)16(13)19/h2-8H,9-11H2,1H3.